The van der Waals surface area contributed by atoms with Crippen LogP contribution in [0.4, 0.5) is 0 Å². The highest BCUT2D eigenvalue weighted by Crippen LogP contribution is 2.32. The van der Waals surface area contributed by atoms with Gasteiger partial charge in [-0.1, -0.05) is 85.5 Å². The maximum absolute atomic E-state index is 13.9. The number of hydrogen-bond donors (Lipinski definition) is 0. The molecule has 1 unspecified atom stereocenters. The number of hydrogen-bond acceptors (Lipinski definition) is 5. The van der Waals surface area contributed by atoms with E-state index in [0.29, 0.717) is 33.0 Å². The van der Waals surface area contributed by atoms with E-state index in [2.05, 4.69) is 77.1 Å². The van der Waals surface area contributed by atoms with Gasteiger partial charge in [0.25, 0.3) is 0 Å². The molecule has 1 atom stereocenters. The minimum atomic E-state index is -0.229. The normalized spacial score (nSPS) is 20.2. The topological polar surface area (TPSA) is 45.2 Å². The van der Waals surface area contributed by atoms with Crippen molar-refractivity contribution in [3.05, 3.63) is 101 Å². The van der Waals surface area contributed by atoms with E-state index in [1.54, 1.807) is 0 Å². The summed E-state index contributed by atoms with van der Waals surface area (Å²) in [6.45, 7) is 7.41. The quantitative estimate of drug-likeness (QED) is 0.426. The van der Waals surface area contributed by atoms with E-state index in [9.17, 15) is 4.79 Å². The van der Waals surface area contributed by atoms with Gasteiger partial charge in [0.05, 0.1) is 13.3 Å². The maximum atomic E-state index is 13.9. The Morgan fingerprint density at radius 3 is 2.46 bits per heavy atom. The summed E-state index contributed by atoms with van der Waals surface area (Å²) in [5.41, 5.74) is 9.23. The lowest BCUT2D eigenvalue weighted by Gasteiger charge is -2.43. The Morgan fingerprint density at radius 2 is 1.64 bits per heavy atom. The summed E-state index contributed by atoms with van der Waals surface area (Å²) in [6, 6.07) is 26.8. The lowest BCUT2D eigenvalue weighted by molar-refractivity contribution is -0.149. The number of amides is 1. The zero-order chi connectivity index (χ0) is 26.6. The van der Waals surface area contributed by atoms with E-state index in [0.717, 1.165) is 54.3 Å². The van der Waals surface area contributed by atoms with Crippen LogP contribution in [0.1, 0.15) is 24.5 Å². The first-order valence-corrected chi connectivity index (χ1v) is 13.9. The van der Waals surface area contributed by atoms with Crippen molar-refractivity contribution in [3.8, 4) is 16.9 Å². The first-order valence-electron chi connectivity index (χ1n) is 13.9. The van der Waals surface area contributed by atoms with E-state index in [-0.39, 0.29) is 11.9 Å². The largest absolute Gasteiger partial charge is 0.453 e. The molecule has 2 fully saturated rings. The first kappa shape index (κ1) is 25.6. The fraction of sp³-hybridized carbons (Fsp3) is 0.333. The Balaban J connectivity index is 1.17. The van der Waals surface area contributed by atoms with Gasteiger partial charge in [0.2, 0.25) is 5.91 Å². The third-order valence-corrected chi connectivity index (χ3v) is 7.81. The number of benzene rings is 3. The lowest BCUT2D eigenvalue weighted by Crippen LogP contribution is -2.61. The van der Waals surface area contributed by atoms with Gasteiger partial charge in [-0.2, -0.15) is 0 Å². The molecule has 6 heteroatoms. The average molecular weight is 522 g/mol. The Kier molecular flexibility index (Phi) is 7.62. The van der Waals surface area contributed by atoms with Gasteiger partial charge in [-0.15, -0.1) is 0 Å². The Labute approximate surface area is 230 Å². The van der Waals surface area contributed by atoms with Crippen molar-refractivity contribution in [2.75, 3.05) is 46.1 Å². The Morgan fingerprint density at radius 1 is 0.872 bits per heavy atom. The Hall–Kier alpha value is -3.67. The van der Waals surface area contributed by atoms with Crippen molar-refractivity contribution >= 4 is 11.5 Å². The fourth-order valence-corrected chi connectivity index (χ4v) is 5.61. The molecule has 6 nitrogen and oxygen atoms in total. The molecule has 0 bridgehead atoms. The van der Waals surface area contributed by atoms with Crippen molar-refractivity contribution < 1.29 is 14.3 Å². The molecule has 0 saturated carbocycles. The SMILES string of the molecule is CCC1=C=C(CN2CCN3COCCN(Cc4ccc(-c5ccccc5)cc4)C(=O)C3C2)c2ccccc2O1. The molecule has 3 aromatic rings. The number of para-hydroxylation sites is 1. The molecule has 3 heterocycles. The molecule has 3 aromatic carbocycles. The molecular weight excluding hydrogens is 486 g/mol. The average Bonchev–Trinajstić information content (AvgIpc) is 2.98. The molecule has 200 valence electrons. The summed E-state index contributed by atoms with van der Waals surface area (Å²) in [4.78, 5) is 20.5. The van der Waals surface area contributed by atoms with E-state index < -0.39 is 0 Å². The summed E-state index contributed by atoms with van der Waals surface area (Å²) in [5, 5.41) is 0. The van der Waals surface area contributed by atoms with Crippen LogP contribution in [-0.4, -0.2) is 72.7 Å². The lowest BCUT2D eigenvalue weighted by atomic mass is 10.0. The van der Waals surface area contributed by atoms with Crippen molar-refractivity contribution in [1.82, 2.24) is 14.7 Å². The van der Waals surface area contributed by atoms with Crippen molar-refractivity contribution in [1.29, 1.82) is 0 Å². The molecule has 0 radical (unpaired) electrons. The Bertz CT molecular complexity index is 1380. The second-order valence-corrected chi connectivity index (χ2v) is 10.4. The molecule has 39 heavy (non-hydrogen) atoms. The van der Waals surface area contributed by atoms with Gasteiger partial charge in [0.15, 0.2) is 0 Å². The number of rotatable bonds is 6. The predicted molar refractivity (Wildman–Crippen MR) is 153 cm³/mol. The highest BCUT2D eigenvalue weighted by molar-refractivity contribution is 5.82. The summed E-state index contributed by atoms with van der Waals surface area (Å²) in [6.07, 6.45) is 0.797. The van der Waals surface area contributed by atoms with Crippen molar-refractivity contribution in [2.24, 2.45) is 0 Å². The van der Waals surface area contributed by atoms with Crippen LogP contribution < -0.4 is 4.74 Å². The fourth-order valence-electron chi connectivity index (χ4n) is 5.61. The van der Waals surface area contributed by atoms with Gasteiger partial charge < -0.3 is 14.4 Å². The van der Waals surface area contributed by atoms with E-state index >= 15 is 0 Å². The highest BCUT2D eigenvalue weighted by Gasteiger charge is 2.36. The standard InChI is InChI=1S/C33H35N3O3/c1-2-29-20-28(30-10-6-7-11-32(30)39-29)22-34-16-17-36-24-38-19-18-35(33(37)31(36)23-34)21-25-12-14-27(15-13-25)26-8-4-3-5-9-26/h3-15,31H,2,16-19,21-24H2,1H3. The molecular formula is C33H35N3O3. The zero-order valence-corrected chi connectivity index (χ0v) is 22.5. The summed E-state index contributed by atoms with van der Waals surface area (Å²) in [7, 11) is 0. The van der Waals surface area contributed by atoms with Crippen LogP contribution in [0.2, 0.25) is 0 Å². The molecule has 0 aromatic heterocycles. The summed E-state index contributed by atoms with van der Waals surface area (Å²) < 4.78 is 12.0. The number of piperazine rings is 1. The summed E-state index contributed by atoms with van der Waals surface area (Å²) >= 11 is 0. The van der Waals surface area contributed by atoms with Gasteiger partial charge in [-0.05, 0) is 22.8 Å². The maximum Gasteiger partial charge on any atom is 0.241 e. The molecule has 3 aliphatic heterocycles. The predicted octanol–water partition coefficient (Wildman–Crippen LogP) is 5.02. The molecule has 3 aliphatic rings. The van der Waals surface area contributed by atoms with E-state index in [1.807, 2.05) is 29.2 Å². The highest BCUT2D eigenvalue weighted by atomic mass is 16.5. The smallest absolute Gasteiger partial charge is 0.241 e. The van der Waals surface area contributed by atoms with Crippen molar-refractivity contribution in [3.63, 3.8) is 0 Å². The summed E-state index contributed by atoms with van der Waals surface area (Å²) in [5.74, 6) is 1.94. The van der Waals surface area contributed by atoms with E-state index in [4.69, 9.17) is 9.47 Å². The second kappa shape index (κ2) is 11.6. The van der Waals surface area contributed by atoms with Gasteiger partial charge in [0, 0.05) is 56.8 Å². The van der Waals surface area contributed by atoms with Gasteiger partial charge in [0.1, 0.15) is 17.6 Å². The van der Waals surface area contributed by atoms with Crippen LogP contribution in [0.5, 0.6) is 5.75 Å². The molecule has 0 spiro atoms. The van der Waals surface area contributed by atoms with Crippen molar-refractivity contribution in [2.45, 2.75) is 25.9 Å². The monoisotopic (exact) mass is 521 g/mol. The van der Waals surface area contributed by atoms with Crippen LogP contribution >= 0.6 is 0 Å². The van der Waals surface area contributed by atoms with Gasteiger partial charge in [-0.3, -0.25) is 14.6 Å². The zero-order valence-electron chi connectivity index (χ0n) is 22.5. The third-order valence-electron chi connectivity index (χ3n) is 7.81. The van der Waals surface area contributed by atoms with Crippen LogP contribution in [-0.2, 0) is 16.1 Å². The molecule has 0 N–H and O–H groups in total. The van der Waals surface area contributed by atoms with Crippen LogP contribution in [0.3, 0.4) is 0 Å². The molecule has 2 saturated heterocycles. The van der Waals surface area contributed by atoms with Gasteiger partial charge in [-0.25, -0.2) is 0 Å². The number of carbonyl (C=O) groups is 1. The molecule has 6 rings (SSSR count). The third kappa shape index (κ3) is 5.70. The van der Waals surface area contributed by atoms with Gasteiger partial charge >= 0.3 is 0 Å². The number of carbonyl (C=O) groups excluding carboxylic acids is 1. The number of ether oxygens (including phenoxy) is 2. The molecule has 1 amide bonds. The van der Waals surface area contributed by atoms with Crippen LogP contribution in [0.25, 0.3) is 16.7 Å². The minimum absolute atomic E-state index is 0.182. The van der Waals surface area contributed by atoms with Crippen LogP contribution in [0.15, 0.2) is 90.4 Å². The number of fused-ring (bicyclic) bond motifs is 2. The minimum Gasteiger partial charge on any atom is -0.453 e. The number of nitrogens with zero attached hydrogens (tertiary/aromatic N) is 3. The van der Waals surface area contributed by atoms with E-state index in [1.165, 1.54) is 11.1 Å². The van der Waals surface area contributed by atoms with Crippen LogP contribution in [0, 0.1) is 0 Å². The first-order chi connectivity index (χ1) is 19.2. The molecule has 0 aliphatic carbocycles. The second-order valence-electron chi connectivity index (χ2n) is 10.4.